The minimum Gasteiger partial charge on any atom is -0.495 e. The molecule has 0 bridgehead atoms. The third kappa shape index (κ3) is 4.99. The van der Waals surface area contributed by atoms with Crippen LogP contribution in [0, 0.1) is 12.3 Å². The summed E-state index contributed by atoms with van der Waals surface area (Å²) in [7, 11) is 1.56. The summed E-state index contributed by atoms with van der Waals surface area (Å²) >= 11 is 6.09. The van der Waals surface area contributed by atoms with Crippen LogP contribution in [-0.2, 0) is 4.79 Å². The van der Waals surface area contributed by atoms with Crippen LogP contribution in [0.2, 0.25) is 5.02 Å². The van der Waals surface area contributed by atoms with Crippen LogP contribution in [0.15, 0.2) is 12.1 Å². The predicted octanol–water partition coefficient (Wildman–Crippen LogP) is 3.08. The molecule has 1 saturated heterocycles. The highest BCUT2D eigenvalue weighted by Crippen LogP contribution is 2.31. The van der Waals surface area contributed by atoms with Gasteiger partial charge in [0.15, 0.2) is 0 Å². The summed E-state index contributed by atoms with van der Waals surface area (Å²) in [6.07, 6.45) is 0.906. The summed E-state index contributed by atoms with van der Waals surface area (Å²) < 4.78 is 5.29. The van der Waals surface area contributed by atoms with Crippen LogP contribution in [0.4, 0.5) is 5.69 Å². The highest BCUT2D eigenvalue weighted by molar-refractivity contribution is 6.31. The highest BCUT2D eigenvalue weighted by atomic mass is 35.5. The van der Waals surface area contributed by atoms with Crippen molar-refractivity contribution in [3.63, 3.8) is 0 Å². The third-order valence-electron chi connectivity index (χ3n) is 4.51. The summed E-state index contributed by atoms with van der Waals surface area (Å²) in [6.45, 7) is 8.20. The summed E-state index contributed by atoms with van der Waals surface area (Å²) in [6, 6.07) is 3.73. The Kier molecular flexibility index (Phi) is 7.35. The van der Waals surface area contributed by atoms with Crippen LogP contribution in [0.3, 0.4) is 0 Å². The van der Waals surface area contributed by atoms with E-state index in [0.29, 0.717) is 23.0 Å². The maximum atomic E-state index is 12.4. The van der Waals surface area contributed by atoms with Crippen molar-refractivity contribution in [3.8, 4) is 5.75 Å². The number of nitrogens with zero attached hydrogens (tertiary/aromatic N) is 1. The number of anilines is 1. The van der Waals surface area contributed by atoms with Crippen LogP contribution in [0.1, 0.15) is 25.8 Å². The number of carbonyl (C=O) groups is 1. The van der Waals surface area contributed by atoms with Gasteiger partial charge in [-0.25, -0.2) is 0 Å². The molecule has 1 heterocycles. The lowest BCUT2D eigenvalue weighted by molar-refractivity contribution is -0.118. The molecule has 0 spiro atoms. The van der Waals surface area contributed by atoms with Gasteiger partial charge in [-0.15, -0.1) is 12.4 Å². The molecule has 1 aromatic rings. The van der Waals surface area contributed by atoms with Crippen LogP contribution in [-0.4, -0.2) is 43.6 Å². The number of nitrogens with two attached hydrogens (primary N) is 1. The second kappa shape index (κ2) is 8.39. The molecule has 0 radical (unpaired) electrons. The molecule has 24 heavy (non-hydrogen) atoms. The standard InChI is InChI=1S/C17H26ClN3O2.ClH/c1-11-7-13(14(23-4)8-12(11)18)20-16(22)9-21-6-5-15(19)17(2,3)10-21;/h7-8,15H,5-6,9-10,19H2,1-4H3,(H,20,22);1H. The molecule has 2 rings (SSSR count). The van der Waals surface area contributed by atoms with Gasteiger partial charge in [-0.2, -0.15) is 0 Å². The average Bonchev–Trinajstić information content (AvgIpc) is 2.46. The average molecular weight is 376 g/mol. The number of rotatable bonds is 4. The number of piperidine rings is 1. The van der Waals surface area contributed by atoms with Crippen LogP contribution >= 0.6 is 24.0 Å². The van der Waals surface area contributed by atoms with E-state index in [0.717, 1.165) is 25.1 Å². The Balaban J connectivity index is 0.00000288. The molecule has 1 fully saturated rings. The second-order valence-corrected chi connectivity index (χ2v) is 7.35. The molecule has 0 saturated carbocycles. The Hall–Kier alpha value is -1.01. The first-order chi connectivity index (χ1) is 10.7. The summed E-state index contributed by atoms with van der Waals surface area (Å²) in [5.41, 5.74) is 7.70. The SMILES string of the molecule is COc1cc(Cl)c(C)cc1NC(=O)CN1CCC(N)C(C)(C)C1.Cl. The largest absolute Gasteiger partial charge is 0.495 e. The summed E-state index contributed by atoms with van der Waals surface area (Å²) in [5, 5.41) is 3.54. The molecule has 1 aliphatic rings. The van der Waals surface area contributed by atoms with Crippen molar-refractivity contribution < 1.29 is 9.53 Å². The van der Waals surface area contributed by atoms with Crippen molar-refractivity contribution >= 4 is 35.6 Å². The van der Waals surface area contributed by atoms with Gasteiger partial charge in [0.25, 0.3) is 0 Å². The molecule has 1 aromatic carbocycles. The predicted molar refractivity (Wildman–Crippen MR) is 101 cm³/mol. The van der Waals surface area contributed by atoms with E-state index >= 15 is 0 Å². The normalized spacial score (nSPS) is 20.2. The maximum Gasteiger partial charge on any atom is 0.238 e. The molecule has 7 heteroatoms. The fraction of sp³-hybridized carbons (Fsp3) is 0.588. The van der Waals surface area contributed by atoms with E-state index < -0.39 is 0 Å². The molecule has 0 aliphatic carbocycles. The Labute approximate surface area is 155 Å². The van der Waals surface area contributed by atoms with Crippen molar-refractivity contribution in [1.82, 2.24) is 4.90 Å². The fourth-order valence-electron chi connectivity index (χ4n) is 2.94. The van der Waals surface area contributed by atoms with Gasteiger partial charge >= 0.3 is 0 Å². The lowest BCUT2D eigenvalue weighted by atomic mass is 9.80. The van der Waals surface area contributed by atoms with Gasteiger partial charge < -0.3 is 15.8 Å². The van der Waals surface area contributed by atoms with E-state index in [4.69, 9.17) is 22.1 Å². The molecule has 1 amide bonds. The van der Waals surface area contributed by atoms with Crippen LogP contribution < -0.4 is 15.8 Å². The molecular weight excluding hydrogens is 349 g/mol. The number of ether oxygens (including phenoxy) is 1. The van der Waals surface area contributed by atoms with Crippen molar-refractivity contribution in [1.29, 1.82) is 0 Å². The topological polar surface area (TPSA) is 67.6 Å². The van der Waals surface area contributed by atoms with Gasteiger partial charge in [0, 0.05) is 30.2 Å². The first-order valence-corrected chi connectivity index (χ1v) is 8.22. The van der Waals surface area contributed by atoms with Crippen LogP contribution in [0.5, 0.6) is 5.75 Å². The van der Waals surface area contributed by atoms with Crippen molar-refractivity contribution in [2.75, 3.05) is 32.1 Å². The van der Waals surface area contributed by atoms with Crippen molar-refractivity contribution in [3.05, 3.63) is 22.7 Å². The Morgan fingerprint density at radius 2 is 2.17 bits per heavy atom. The minimum absolute atomic E-state index is 0. The smallest absolute Gasteiger partial charge is 0.238 e. The first kappa shape index (κ1) is 21.0. The van der Waals surface area contributed by atoms with Gasteiger partial charge in [-0.3, -0.25) is 9.69 Å². The van der Waals surface area contributed by atoms with E-state index in [1.807, 2.05) is 13.0 Å². The van der Waals surface area contributed by atoms with Gasteiger partial charge in [0.05, 0.1) is 19.3 Å². The molecule has 0 aromatic heterocycles. The zero-order valence-corrected chi connectivity index (χ0v) is 16.3. The third-order valence-corrected chi connectivity index (χ3v) is 4.92. The Morgan fingerprint density at radius 1 is 1.50 bits per heavy atom. The van der Waals surface area contributed by atoms with E-state index in [9.17, 15) is 4.79 Å². The van der Waals surface area contributed by atoms with Crippen molar-refractivity contribution in [2.24, 2.45) is 11.1 Å². The molecule has 136 valence electrons. The zero-order valence-electron chi connectivity index (χ0n) is 14.7. The monoisotopic (exact) mass is 375 g/mol. The molecule has 3 N–H and O–H groups in total. The van der Waals surface area contributed by atoms with E-state index in [1.165, 1.54) is 0 Å². The Bertz CT molecular complexity index is 593. The number of aryl methyl sites for hydroxylation is 1. The van der Waals surface area contributed by atoms with E-state index in [2.05, 4.69) is 24.1 Å². The van der Waals surface area contributed by atoms with E-state index in [1.54, 1.807) is 13.2 Å². The summed E-state index contributed by atoms with van der Waals surface area (Å²) in [5.74, 6) is 0.506. The molecule has 1 aliphatic heterocycles. The number of nitrogens with one attached hydrogen (secondary N) is 1. The van der Waals surface area contributed by atoms with Crippen molar-refractivity contribution in [2.45, 2.75) is 33.2 Å². The number of hydrogen-bond acceptors (Lipinski definition) is 4. The fourth-order valence-corrected chi connectivity index (χ4v) is 3.10. The van der Waals surface area contributed by atoms with Crippen LogP contribution in [0.25, 0.3) is 0 Å². The van der Waals surface area contributed by atoms with E-state index in [-0.39, 0.29) is 29.8 Å². The number of likely N-dealkylation sites (tertiary alicyclic amines) is 1. The van der Waals surface area contributed by atoms with Gasteiger partial charge in [0.2, 0.25) is 5.91 Å². The molecular formula is C17H27Cl2N3O2. The lowest BCUT2D eigenvalue weighted by Crippen LogP contribution is -2.53. The quantitative estimate of drug-likeness (QED) is 0.848. The number of halogens is 2. The lowest BCUT2D eigenvalue weighted by Gasteiger charge is -2.42. The number of hydrogen-bond donors (Lipinski definition) is 2. The van der Waals surface area contributed by atoms with Gasteiger partial charge in [-0.05, 0) is 30.4 Å². The molecule has 1 unspecified atom stereocenters. The number of carbonyl (C=O) groups excluding carboxylic acids is 1. The Morgan fingerprint density at radius 3 is 2.75 bits per heavy atom. The molecule has 5 nitrogen and oxygen atoms in total. The number of methoxy groups -OCH3 is 1. The van der Waals surface area contributed by atoms with Gasteiger partial charge in [-0.1, -0.05) is 25.4 Å². The second-order valence-electron chi connectivity index (χ2n) is 6.94. The minimum atomic E-state index is -0.0590. The maximum absolute atomic E-state index is 12.4. The number of amides is 1. The van der Waals surface area contributed by atoms with Gasteiger partial charge in [0.1, 0.15) is 5.75 Å². The number of benzene rings is 1. The zero-order chi connectivity index (χ0) is 17.2. The molecule has 1 atom stereocenters. The summed E-state index contributed by atoms with van der Waals surface area (Å²) in [4.78, 5) is 14.5. The highest BCUT2D eigenvalue weighted by Gasteiger charge is 2.33. The first-order valence-electron chi connectivity index (χ1n) is 7.85.